The van der Waals surface area contributed by atoms with Crippen molar-refractivity contribution in [2.45, 2.75) is 19.1 Å². The van der Waals surface area contributed by atoms with Gasteiger partial charge in [0.05, 0.1) is 6.61 Å². The maximum absolute atomic E-state index is 11.0. The summed E-state index contributed by atoms with van der Waals surface area (Å²) in [6, 6.07) is 0. The van der Waals surface area contributed by atoms with E-state index in [1.165, 1.54) is 0 Å². The summed E-state index contributed by atoms with van der Waals surface area (Å²) in [5, 5.41) is 0.173. The highest BCUT2D eigenvalue weighted by atomic mass is 79.9. The van der Waals surface area contributed by atoms with Crippen LogP contribution in [0.3, 0.4) is 0 Å². The fourth-order valence-electron chi connectivity index (χ4n) is 1.08. The van der Waals surface area contributed by atoms with Crippen molar-refractivity contribution in [3.63, 3.8) is 0 Å². The van der Waals surface area contributed by atoms with Crippen LogP contribution in [0.1, 0.15) is 13.3 Å². The number of carbonyl (C=O) groups excluding carboxylic acids is 1. The molecule has 1 aliphatic heterocycles. The van der Waals surface area contributed by atoms with Gasteiger partial charge in [-0.05, 0) is 6.42 Å². The molecule has 5 heteroatoms. The molecule has 1 unspecified atom stereocenters. The van der Waals surface area contributed by atoms with E-state index in [0.717, 1.165) is 6.42 Å². The molecule has 1 aliphatic rings. The molecule has 13 heavy (non-hydrogen) atoms. The van der Waals surface area contributed by atoms with Crippen molar-refractivity contribution in [2.75, 3.05) is 25.2 Å². The Morgan fingerprint density at radius 3 is 3.08 bits per heavy atom. The van der Waals surface area contributed by atoms with Gasteiger partial charge in [-0.1, -0.05) is 15.9 Å². The molecule has 1 fully saturated rings. The van der Waals surface area contributed by atoms with Crippen LogP contribution in [0.2, 0.25) is 0 Å². The highest BCUT2D eigenvalue weighted by Crippen LogP contribution is 2.17. The van der Waals surface area contributed by atoms with Gasteiger partial charge < -0.3 is 14.2 Å². The van der Waals surface area contributed by atoms with Crippen LogP contribution in [-0.2, 0) is 19.0 Å². The molecule has 0 aromatic carbocycles. The van der Waals surface area contributed by atoms with Gasteiger partial charge in [-0.2, -0.15) is 0 Å². The molecular formula is C8H13BrO4. The summed E-state index contributed by atoms with van der Waals surface area (Å²) in [6.45, 7) is 3.22. The van der Waals surface area contributed by atoms with Crippen LogP contribution < -0.4 is 0 Å². The van der Waals surface area contributed by atoms with Crippen molar-refractivity contribution in [2.24, 2.45) is 0 Å². The molecule has 76 valence electrons. The molecule has 4 nitrogen and oxygen atoms in total. The van der Waals surface area contributed by atoms with Crippen LogP contribution in [-0.4, -0.2) is 36.9 Å². The summed E-state index contributed by atoms with van der Waals surface area (Å²) < 4.78 is 15.7. The first-order chi connectivity index (χ1) is 6.16. The van der Waals surface area contributed by atoms with Gasteiger partial charge >= 0.3 is 5.97 Å². The summed E-state index contributed by atoms with van der Waals surface area (Å²) in [7, 11) is 0. The Balaban J connectivity index is 2.46. The summed E-state index contributed by atoms with van der Waals surface area (Å²) in [5.74, 6) is -1.26. The number of hydrogen-bond donors (Lipinski definition) is 0. The summed E-state index contributed by atoms with van der Waals surface area (Å²) >= 11 is 3.01. The van der Waals surface area contributed by atoms with Crippen LogP contribution in [0.25, 0.3) is 0 Å². The van der Waals surface area contributed by atoms with E-state index in [-0.39, 0.29) is 11.3 Å². The molecule has 0 saturated carbocycles. The number of esters is 1. The predicted octanol–water partition coefficient (Wildman–Crippen LogP) is 1.08. The third-order valence-electron chi connectivity index (χ3n) is 1.64. The molecule has 0 aromatic rings. The largest absolute Gasteiger partial charge is 0.430 e. The summed E-state index contributed by atoms with van der Waals surface area (Å²) in [4.78, 5) is 11.0. The maximum Gasteiger partial charge on any atom is 0.319 e. The Morgan fingerprint density at radius 1 is 1.62 bits per heavy atom. The lowest BCUT2D eigenvalue weighted by Crippen LogP contribution is -2.39. The van der Waals surface area contributed by atoms with Crippen molar-refractivity contribution in [1.29, 1.82) is 0 Å². The third kappa shape index (κ3) is 3.62. The molecule has 1 heterocycles. The number of rotatable bonds is 2. The normalized spacial score (nSPS) is 29.4. The minimum atomic E-state index is -0.915. The van der Waals surface area contributed by atoms with Gasteiger partial charge in [-0.15, -0.1) is 0 Å². The molecule has 0 N–H and O–H groups in total. The Labute approximate surface area is 85.7 Å². The average Bonchev–Trinajstić information content (AvgIpc) is 2.30. The summed E-state index contributed by atoms with van der Waals surface area (Å²) in [6.07, 6.45) is 0.835. The number of hydrogen-bond acceptors (Lipinski definition) is 4. The zero-order valence-corrected chi connectivity index (χ0v) is 9.13. The van der Waals surface area contributed by atoms with Gasteiger partial charge in [0.1, 0.15) is 11.9 Å². The molecule has 0 bridgehead atoms. The van der Waals surface area contributed by atoms with Gasteiger partial charge in [0.2, 0.25) is 5.79 Å². The van der Waals surface area contributed by atoms with E-state index in [1.54, 1.807) is 6.92 Å². The molecule has 0 spiro atoms. The Hall–Kier alpha value is -0.130. The second-order valence-corrected chi connectivity index (χ2v) is 3.56. The monoisotopic (exact) mass is 252 g/mol. The first kappa shape index (κ1) is 10.9. The molecule has 1 rings (SSSR count). The van der Waals surface area contributed by atoms with Gasteiger partial charge in [0.15, 0.2) is 0 Å². The van der Waals surface area contributed by atoms with E-state index in [2.05, 4.69) is 15.9 Å². The lowest BCUT2D eigenvalue weighted by atomic mass is 10.3. The quantitative estimate of drug-likeness (QED) is 0.545. The van der Waals surface area contributed by atoms with E-state index in [1.807, 2.05) is 0 Å². The Bertz CT molecular complexity index is 175. The standard InChI is InChI=1S/C8H13BrO4/c1-8(13-7(10)5-9)6-11-3-2-4-12-8/h2-6H2,1H3. The minimum absolute atomic E-state index is 0.173. The van der Waals surface area contributed by atoms with Crippen molar-refractivity contribution >= 4 is 21.9 Å². The lowest BCUT2D eigenvalue weighted by molar-refractivity contribution is -0.230. The maximum atomic E-state index is 11.0. The van der Waals surface area contributed by atoms with Crippen molar-refractivity contribution in [3.8, 4) is 0 Å². The van der Waals surface area contributed by atoms with E-state index in [0.29, 0.717) is 19.8 Å². The SMILES string of the molecule is CC1(OC(=O)CBr)COCCCO1. The molecular weight excluding hydrogens is 240 g/mol. The molecule has 1 saturated heterocycles. The van der Waals surface area contributed by atoms with Crippen LogP contribution in [0.4, 0.5) is 0 Å². The first-order valence-electron chi connectivity index (χ1n) is 4.16. The van der Waals surface area contributed by atoms with Gasteiger partial charge in [-0.3, -0.25) is 4.79 Å². The van der Waals surface area contributed by atoms with Gasteiger partial charge in [0.25, 0.3) is 0 Å². The summed E-state index contributed by atoms with van der Waals surface area (Å²) in [5.41, 5.74) is 0. The molecule has 0 aromatic heterocycles. The minimum Gasteiger partial charge on any atom is -0.430 e. The van der Waals surface area contributed by atoms with Crippen LogP contribution in [0.15, 0.2) is 0 Å². The number of carbonyl (C=O) groups is 1. The van der Waals surface area contributed by atoms with Crippen molar-refractivity contribution < 1.29 is 19.0 Å². The topological polar surface area (TPSA) is 44.8 Å². The van der Waals surface area contributed by atoms with E-state index in [9.17, 15) is 4.79 Å². The second-order valence-electron chi connectivity index (χ2n) is 3.00. The van der Waals surface area contributed by atoms with Crippen LogP contribution in [0.5, 0.6) is 0 Å². The van der Waals surface area contributed by atoms with E-state index >= 15 is 0 Å². The number of halogens is 1. The average molecular weight is 253 g/mol. The fraction of sp³-hybridized carbons (Fsp3) is 0.875. The third-order valence-corrected chi connectivity index (χ3v) is 2.10. The van der Waals surface area contributed by atoms with Crippen LogP contribution >= 0.6 is 15.9 Å². The zero-order valence-electron chi connectivity index (χ0n) is 7.55. The fourth-order valence-corrected chi connectivity index (χ4v) is 1.19. The van der Waals surface area contributed by atoms with E-state index < -0.39 is 5.79 Å². The molecule has 0 amide bonds. The zero-order chi connectivity index (χ0) is 9.73. The number of ether oxygens (including phenoxy) is 3. The number of alkyl halides is 1. The molecule has 0 aliphatic carbocycles. The first-order valence-corrected chi connectivity index (χ1v) is 5.28. The second kappa shape index (κ2) is 4.93. The Morgan fingerprint density at radius 2 is 2.38 bits per heavy atom. The van der Waals surface area contributed by atoms with Crippen molar-refractivity contribution in [1.82, 2.24) is 0 Å². The predicted molar refractivity (Wildman–Crippen MR) is 49.7 cm³/mol. The molecule has 0 radical (unpaired) electrons. The van der Waals surface area contributed by atoms with Crippen LogP contribution in [0, 0.1) is 0 Å². The highest BCUT2D eigenvalue weighted by molar-refractivity contribution is 9.09. The lowest BCUT2D eigenvalue weighted by Gasteiger charge is -2.26. The van der Waals surface area contributed by atoms with Gasteiger partial charge in [0, 0.05) is 13.5 Å². The van der Waals surface area contributed by atoms with Crippen molar-refractivity contribution in [3.05, 3.63) is 0 Å². The van der Waals surface area contributed by atoms with E-state index in [4.69, 9.17) is 14.2 Å². The Kier molecular flexibility index (Phi) is 4.15. The smallest absolute Gasteiger partial charge is 0.319 e. The van der Waals surface area contributed by atoms with Gasteiger partial charge in [-0.25, -0.2) is 0 Å². The molecule has 1 atom stereocenters. The highest BCUT2D eigenvalue weighted by Gasteiger charge is 2.31.